The highest BCUT2D eigenvalue weighted by Gasteiger charge is 2.72. The third-order valence-electron chi connectivity index (χ3n) is 7.85. The van der Waals surface area contributed by atoms with Crippen molar-refractivity contribution >= 4 is 38.7 Å². The zero-order valence-electron chi connectivity index (χ0n) is 20.8. The second-order valence-electron chi connectivity index (χ2n) is 11.1. The van der Waals surface area contributed by atoms with E-state index in [1.807, 2.05) is 45.0 Å². The van der Waals surface area contributed by atoms with E-state index in [4.69, 9.17) is 9.29 Å². The molecule has 0 radical (unpaired) electrons. The molecule has 1 amide bonds. The van der Waals surface area contributed by atoms with Crippen molar-refractivity contribution < 1.29 is 45.6 Å². The Bertz CT molecular complexity index is 1440. The molecule has 1 heterocycles. The molecule has 2 aliphatic carbocycles. The minimum absolute atomic E-state index is 0.279. The number of hydrogen-bond donors (Lipinski definition) is 1. The Morgan fingerprint density at radius 2 is 1.74 bits per heavy atom. The van der Waals surface area contributed by atoms with Gasteiger partial charge in [0.15, 0.2) is 6.61 Å². The van der Waals surface area contributed by atoms with Gasteiger partial charge < -0.3 is 14.4 Å². The Kier molecular flexibility index (Phi) is 6.06. The van der Waals surface area contributed by atoms with Gasteiger partial charge >= 0.3 is 27.3 Å². The van der Waals surface area contributed by atoms with Gasteiger partial charge in [0.1, 0.15) is 6.10 Å². The van der Waals surface area contributed by atoms with Gasteiger partial charge in [-0.05, 0) is 56.0 Å². The van der Waals surface area contributed by atoms with Crippen molar-refractivity contribution in [3.63, 3.8) is 0 Å². The summed E-state index contributed by atoms with van der Waals surface area (Å²) in [6, 6.07) is 12.0. The molecule has 2 bridgehead atoms. The van der Waals surface area contributed by atoms with E-state index in [-0.39, 0.29) is 17.4 Å². The fourth-order valence-corrected chi connectivity index (χ4v) is 6.61. The molecule has 1 saturated heterocycles. The third-order valence-corrected chi connectivity index (χ3v) is 8.73. The van der Waals surface area contributed by atoms with E-state index >= 15 is 0 Å². The van der Waals surface area contributed by atoms with Crippen LogP contribution >= 0.6 is 0 Å². The topological polar surface area (TPSA) is 127 Å². The number of alkyl halides is 2. The highest BCUT2D eigenvalue weighted by atomic mass is 32.2. The van der Waals surface area contributed by atoms with Gasteiger partial charge in [-0.1, -0.05) is 30.3 Å². The lowest BCUT2D eigenvalue weighted by Crippen LogP contribution is -2.53. The molecule has 3 aliphatic rings. The van der Waals surface area contributed by atoms with E-state index in [1.54, 1.807) is 23.1 Å². The molecule has 1 aliphatic heterocycles. The van der Waals surface area contributed by atoms with Crippen LogP contribution in [0.1, 0.15) is 37.6 Å². The van der Waals surface area contributed by atoms with Crippen LogP contribution in [0.25, 0.3) is 10.8 Å². The van der Waals surface area contributed by atoms with Gasteiger partial charge in [-0.15, -0.1) is 0 Å². The Balaban J connectivity index is 1.44. The number of carbonyl (C=O) groups excluding carboxylic acids is 3. The molecule has 2 aromatic carbocycles. The molecule has 204 valence electrons. The van der Waals surface area contributed by atoms with Crippen molar-refractivity contribution in [1.82, 2.24) is 4.90 Å². The van der Waals surface area contributed by atoms with Crippen molar-refractivity contribution in [2.45, 2.75) is 50.1 Å². The molecular weight excluding hydrogens is 524 g/mol. The summed E-state index contributed by atoms with van der Waals surface area (Å²) in [5, 5.41) is -2.96. The summed E-state index contributed by atoms with van der Waals surface area (Å²) in [6.07, 6.45) is -0.571. The first-order chi connectivity index (χ1) is 17.6. The molecule has 2 aromatic rings. The van der Waals surface area contributed by atoms with Gasteiger partial charge in [0.05, 0.1) is 23.4 Å². The lowest BCUT2D eigenvalue weighted by molar-refractivity contribution is -0.161. The second kappa shape index (κ2) is 8.70. The van der Waals surface area contributed by atoms with Crippen molar-refractivity contribution in [3.8, 4) is 0 Å². The highest BCUT2D eigenvalue weighted by Crippen LogP contribution is 2.61. The number of rotatable bonds is 6. The smallest absolute Gasteiger partial charge is 0.402 e. The average Bonchev–Trinajstić information content (AvgIpc) is 3.44. The van der Waals surface area contributed by atoms with Crippen LogP contribution in [0.15, 0.2) is 42.5 Å². The number of ether oxygens (including phenoxy) is 2. The summed E-state index contributed by atoms with van der Waals surface area (Å²) >= 11 is 0. The Hall–Kier alpha value is -3.12. The van der Waals surface area contributed by atoms with E-state index in [1.165, 1.54) is 0 Å². The van der Waals surface area contributed by atoms with Crippen molar-refractivity contribution in [2.24, 2.45) is 23.7 Å². The number of nitrogens with zero attached hydrogens (tertiary/aromatic N) is 1. The molecule has 2 saturated carbocycles. The van der Waals surface area contributed by atoms with E-state index in [0.717, 1.165) is 10.8 Å². The molecule has 5 rings (SSSR count). The van der Waals surface area contributed by atoms with Gasteiger partial charge in [-0.2, -0.15) is 17.2 Å². The quantitative estimate of drug-likeness (QED) is 0.428. The van der Waals surface area contributed by atoms with Gasteiger partial charge in [-0.25, -0.2) is 4.79 Å². The number of amides is 1. The summed E-state index contributed by atoms with van der Waals surface area (Å²) in [5.41, 5.74) is -0.407. The predicted molar refractivity (Wildman–Crippen MR) is 130 cm³/mol. The molecule has 1 N–H and O–H groups in total. The first-order valence-corrected chi connectivity index (χ1v) is 13.6. The zero-order valence-corrected chi connectivity index (χ0v) is 21.7. The number of esters is 2. The minimum Gasteiger partial charge on any atom is -0.458 e. The summed E-state index contributed by atoms with van der Waals surface area (Å²) in [7, 11) is -5.81. The number of hydrogen-bond acceptors (Lipinski definition) is 7. The fourth-order valence-electron chi connectivity index (χ4n) is 6.40. The van der Waals surface area contributed by atoms with Crippen molar-refractivity contribution in [1.29, 1.82) is 0 Å². The molecule has 3 fully saturated rings. The van der Waals surface area contributed by atoms with Gasteiger partial charge in [-0.3, -0.25) is 14.1 Å². The van der Waals surface area contributed by atoms with Crippen LogP contribution in [0.2, 0.25) is 0 Å². The number of carbonyl (C=O) groups is 3. The van der Waals surface area contributed by atoms with Gasteiger partial charge in [0.25, 0.3) is 0 Å². The largest absolute Gasteiger partial charge is 0.458 e. The van der Waals surface area contributed by atoms with Crippen LogP contribution in [-0.2, 0) is 29.2 Å². The van der Waals surface area contributed by atoms with Crippen molar-refractivity contribution in [2.75, 3.05) is 6.61 Å². The van der Waals surface area contributed by atoms with E-state index < -0.39 is 69.4 Å². The first-order valence-electron chi connectivity index (χ1n) is 12.2. The minimum atomic E-state index is -5.81. The van der Waals surface area contributed by atoms with Crippen LogP contribution < -0.4 is 0 Å². The Morgan fingerprint density at radius 1 is 1.08 bits per heavy atom. The normalized spacial score (nSPS) is 28.7. The molecule has 0 aromatic heterocycles. The van der Waals surface area contributed by atoms with Crippen LogP contribution in [0, 0.1) is 23.7 Å². The van der Waals surface area contributed by atoms with Gasteiger partial charge in [0, 0.05) is 11.5 Å². The van der Waals surface area contributed by atoms with Crippen LogP contribution in [0.5, 0.6) is 0 Å². The predicted octanol–water partition coefficient (Wildman–Crippen LogP) is 3.28. The molecule has 12 heteroatoms. The average molecular weight is 552 g/mol. The first kappa shape index (κ1) is 26.5. The molecular formula is C26H27F2NO8S. The number of halogens is 2. The van der Waals surface area contributed by atoms with Crippen LogP contribution in [0.4, 0.5) is 8.78 Å². The number of fused-ring (bicyclic) bond motifs is 2. The van der Waals surface area contributed by atoms with E-state index in [2.05, 4.69) is 4.74 Å². The lowest BCUT2D eigenvalue weighted by atomic mass is 9.78. The number of benzene rings is 2. The summed E-state index contributed by atoms with van der Waals surface area (Å²) in [5.74, 6) is -5.36. The summed E-state index contributed by atoms with van der Waals surface area (Å²) in [4.78, 5) is 41.3. The molecule has 6 atom stereocenters. The molecule has 0 spiro atoms. The van der Waals surface area contributed by atoms with Crippen LogP contribution in [0.3, 0.4) is 0 Å². The van der Waals surface area contributed by atoms with Crippen molar-refractivity contribution in [3.05, 3.63) is 48.0 Å². The molecule has 9 nitrogen and oxygen atoms in total. The lowest BCUT2D eigenvalue weighted by Gasteiger charge is -2.40. The van der Waals surface area contributed by atoms with E-state index in [0.29, 0.717) is 6.42 Å². The molecule has 6 unspecified atom stereocenters. The third kappa shape index (κ3) is 4.14. The Morgan fingerprint density at radius 3 is 2.37 bits per heavy atom. The monoisotopic (exact) mass is 551 g/mol. The number of likely N-dealkylation sites (tertiary alicyclic amines) is 1. The maximum Gasteiger partial charge on any atom is 0.402 e. The van der Waals surface area contributed by atoms with Crippen LogP contribution in [-0.4, -0.2) is 65.3 Å². The second-order valence-corrected chi connectivity index (χ2v) is 12.7. The summed E-state index contributed by atoms with van der Waals surface area (Å²) < 4.78 is 68.6. The highest BCUT2D eigenvalue weighted by molar-refractivity contribution is 7.86. The SMILES string of the molecule is CC(C)(C)N1C(=O)C2C3CC(C(OC(=O)c4ccc5ccccc5c4)C31)C2C(=O)OCC(F)(F)S(=O)(=O)O. The fraction of sp³-hybridized carbons (Fsp3) is 0.500. The molecule has 38 heavy (non-hydrogen) atoms. The Labute approximate surface area is 217 Å². The summed E-state index contributed by atoms with van der Waals surface area (Å²) in [6.45, 7) is 3.54. The maximum absolute atomic E-state index is 13.7. The van der Waals surface area contributed by atoms with Gasteiger partial charge in [0.2, 0.25) is 5.91 Å². The maximum atomic E-state index is 13.7. The standard InChI is InChI=1S/C26H27F2NO8S/c1-25(2,3)29-20-16-11-17(19(18(16)22(29)30)24(32)36-12-26(27,28)38(33,34)35)21(20)37-23(31)15-9-8-13-6-4-5-7-14(13)10-15/h4-10,16-21H,11-12H2,1-3H3,(H,33,34,35). The zero-order chi connectivity index (χ0) is 27.8. The van der Waals surface area contributed by atoms with E-state index in [9.17, 15) is 31.6 Å².